The van der Waals surface area contributed by atoms with Gasteiger partial charge in [0.1, 0.15) is 0 Å². The Labute approximate surface area is 154 Å². The number of ether oxygens (including phenoxy) is 2. The summed E-state index contributed by atoms with van der Waals surface area (Å²) in [6.45, 7) is 5.98. The fraction of sp³-hybridized carbons (Fsp3) is 0.588. The van der Waals surface area contributed by atoms with Gasteiger partial charge in [-0.25, -0.2) is 4.98 Å². The molecule has 1 aromatic rings. The summed E-state index contributed by atoms with van der Waals surface area (Å²) >= 11 is 5.17. The molecule has 25 heavy (non-hydrogen) atoms. The predicted octanol–water partition coefficient (Wildman–Crippen LogP) is 1.80. The van der Waals surface area contributed by atoms with Gasteiger partial charge in [0.05, 0.1) is 38.2 Å². The maximum atomic E-state index is 12.0. The predicted molar refractivity (Wildman–Crippen MR) is 101 cm³/mol. The van der Waals surface area contributed by atoms with E-state index < -0.39 is 0 Å². The average molecular weight is 366 g/mol. The van der Waals surface area contributed by atoms with Crippen LogP contribution in [0.3, 0.4) is 0 Å². The van der Waals surface area contributed by atoms with Gasteiger partial charge in [0, 0.05) is 19.2 Å². The van der Waals surface area contributed by atoms with Crippen LogP contribution in [0.15, 0.2) is 18.3 Å². The largest absolute Gasteiger partial charge is 0.478 e. The highest BCUT2D eigenvalue weighted by Crippen LogP contribution is 2.12. The molecule has 0 spiro atoms. The number of unbranched alkanes of at least 4 members (excludes halogenated alkanes) is 2. The van der Waals surface area contributed by atoms with Crippen LogP contribution in [0.5, 0.6) is 5.88 Å². The van der Waals surface area contributed by atoms with Crippen molar-refractivity contribution in [3.63, 3.8) is 0 Å². The molecule has 1 aromatic heterocycles. The van der Waals surface area contributed by atoms with Crippen LogP contribution in [-0.2, 0) is 9.53 Å². The number of pyridine rings is 1. The number of carbonyl (C=O) groups is 1. The first-order chi connectivity index (χ1) is 12.2. The number of nitrogens with zero attached hydrogens (tertiary/aromatic N) is 2. The van der Waals surface area contributed by atoms with E-state index in [2.05, 4.69) is 22.5 Å². The van der Waals surface area contributed by atoms with Gasteiger partial charge in [0.15, 0.2) is 5.11 Å². The SMILES string of the molecule is CCCCCOc1ccc(NC(=S)NC(=O)CN2CCOCC2)cn1. The van der Waals surface area contributed by atoms with Crippen LogP contribution in [0.1, 0.15) is 26.2 Å². The number of aromatic nitrogens is 1. The van der Waals surface area contributed by atoms with Crippen LogP contribution < -0.4 is 15.4 Å². The van der Waals surface area contributed by atoms with Gasteiger partial charge in [-0.05, 0) is 24.7 Å². The summed E-state index contributed by atoms with van der Waals surface area (Å²) in [5, 5.41) is 5.89. The molecule has 8 heteroatoms. The van der Waals surface area contributed by atoms with Crippen molar-refractivity contribution in [2.24, 2.45) is 0 Å². The lowest BCUT2D eigenvalue weighted by atomic mass is 10.3. The Balaban J connectivity index is 1.69. The Kier molecular flexibility index (Phi) is 8.58. The van der Waals surface area contributed by atoms with Gasteiger partial charge in [-0.15, -0.1) is 0 Å². The zero-order valence-corrected chi connectivity index (χ0v) is 15.4. The molecule has 1 saturated heterocycles. The van der Waals surface area contributed by atoms with Crippen LogP contribution in [0.2, 0.25) is 0 Å². The van der Waals surface area contributed by atoms with Gasteiger partial charge in [0.2, 0.25) is 11.8 Å². The Bertz CT molecular complexity index is 547. The van der Waals surface area contributed by atoms with E-state index in [4.69, 9.17) is 21.7 Å². The molecule has 2 heterocycles. The van der Waals surface area contributed by atoms with Gasteiger partial charge in [-0.1, -0.05) is 19.8 Å². The molecule has 0 saturated carbocycles. The van der Waals surface area contributed by atoms with Crippen molar-refractivity contribution in [1.82, 2.24) is 15.2 Å². The van der Waals surface area contributed by atoms with E-state index in [1.807, 2.05) is 11.0 Å². The van der Waals surface area contributed by atoms with Crippen molar-refractivity contribution in [1.29, 1.82) is 0 Å². The minimum absolute atomic E-state index is 0.136. The molecule has 0 aromatic carbocycles. The molecular formula is C17H26N4O3S. The monoisotopic (exact) mass is 366 g/mol. The second-order valence-electron chi connectivity index (χ2n) is 5.83. The molecule has 7 nitrogen and oxygen atoms in total. The van der Waals surface area contributed by atoms with Crippen LogP contribution in [-0.4, -0.2) is 60.4 Å². The fourth-order valence-electron chi connectivity index (χ4n) is 2.36. The van der Waals surface area contributed by atoms with E-state index in [1.54, 1.807) is 12.3 Å². The highest BCUT2D eigenvalue weighted by molar-refractivity contribution is 7.80. The molecule has 2 rings (SSSR count). The minimum Gasteiger partial charge on any atom is -0.478 e. The minimum atomic E-state index is -0.136. The van der Waals surface area contributed by atoms with Crippen LogP contribution >= 0.6 is 12.2 Å². The van der Waals surface area contributed by atoms with Crippen LogP contribution in [0, 0.1) is 0 Å². The van der Waals surface area contributed by atoms with E-state index in [-0.39, 0.29) is 11.0 Å². The zero-order valence-electron chi connectivity index (χ0n) is 14.6. The molecule has 1 fully saturated rings. The maximum absolute atomic E-state index is 12.0. The van der Waals surface area contributed by atoms with Crippen molar-refractivity contribution < 1.29 is 14.3 Å². The molecule has 0 radical (unpaired) electrons. The first-order valence-electron chi connectivity index (χ1n) is 8.67. The summed E-state index contributed by atoms with van der Waals surface area (Å²) in [5.41, 5.74) is 0.706. The molecule has 2 N–H and O–H groups in total. The number of thiocarbonyl (C=S) groups is 1. The highest BCUT2D eigenvalue weighted by Gasteiger charge is 2.14. The second-order valence-corrected chi connectivity index (χ2v) is 6.24. The Morgan fingerprint density at radius 2 is 2.16 bits per heavy atom. The number of rotatable bonds is 8. The first-order valence-corrected chi connectivity index (χ1v) is 9.08. The number of amides is 1. The Hall–Kier alpha value is -1.77. The average Bonchev–Trinajstić information content (AvgIpc) is 2.61. The third-order valence-electron chi connectivity index (χ3n) is 3.72. The van der Waals surface area contributed by atoms with Gasteiger partial charge in [-0.2, -0.15) is 0 Å². The quantitative estimate of drug-likeness (QED) is 0.537. The molecule has 1 aliphatic heterocycles. The van der Waals surface area contributed by atoms with Crippen LogP contribution in [0.25, 0.3) is 0 Å². The summed E-state index contributed by atoms with van der Waals surface area (Å²) in [5.74, 6) is 0.451. The molecule has 0 unspecified atom stereocenters. The van der Waals surface area contributed by atoms with Gasteiger partial charge < -0.3 is 20.1 Å². The molecule has 1 aliphatic rings. The first kappa shape index (κ1) is 19.6. The summed E-state index contributed by atoms with van der Waals surface area (Å²) in [4.78, 5) is 18.2. The Morgan fingerprint density at radius 1 is 1.36 bits per heavy atom. The number of anilines is 1. The summed E-state index contributed by atoms with van der Waals surface area (Å²) < 4.78 is 10.8. The second kappa shape index (κ2) is 11.0. The number of hydrogen-bond acceptors (Lipinski definition) is 6. The smallest absolute Gasteiger partial charge is 0.240 e. The number of morpholine rings is 1. The van der Waals surface area contributed by atoms with Crippen molar-refractivity contribution in [3.05, 3.63) is 18.3 Å². The van der Waals surface area contributed by atoms with E-state index in [0.717, 1.165) is 32.4 Å². The van der Waals surface area contributed by atoms with Crippen molar-refractivity contribution >= 4 is 28.9 Å². The number of nitrogens with one attached hydrogen (secondary N) is 2. The fourth-order valence-corrected chi connectivity index (χ4v) is 2.59. The third kappa shape index (κ3) is 7.76. The molecule has 0 bridgehead atoms. The third-order valence-corrected chi connectivity index (χ3v) is 3.92. The normalized spacial score (nSPS) is 14.8. The van der Waals surface area contributed by atoms with E-state index in [1.165, 1.54) is 0 Å². The summed E-state index contributed by atoms with van der Waals surface area (Å²) in [6, 6.07) is 3.61. The van der Waals surface area contributed by atoms with Crippen molar-refractivity contribution in [2.45, 2.75) is 26.2 Å². The molecular weight excluding hydrogens is 340 g/mol. The Morgan fingerprint density at radius 3 is 2.84 bits per heavy atom. The molecule has 0 aliphatic carbocycles. The summed E-state index contributed by atoms with van der Waals surface area (Å²) in [6.07, 6.45) is 4.97. The van der Waals surface area contributed by atoms with Crippen molar-refractivity contribution in [3.8, 4) is 5.88 Å². The van der Waals surface area contributed by atoms with E-state index in [9.17, 15) is 4.79 Å². The lowest BCUT2D eigenvalue weighted by Gasteiger charge is -2.25. The lowest BCUT2D eigenvalue weighted by molar-refractivity contribution is -0.121. The topological polar surface area (TPSA) is 75.7 Å². The van der Waals surface area contributed by atoms with Crippen molar-refractivity contribution in [2.75, 3.05) is 44.8 Å². The van der Waals surface area contributed by atoms with Crippen LogP contribution in [0.4, 0.5) is 5.69 Å². The van der Waals surface area contributed by atoms with Gasteiger partial charge in [0.25, 0.3) is 0 Å². The highest BCUT2D eigenvalue weighted by atomic mass is 32.1. The maximum Gasteiger partial charge on any atom is 0.240 e. The molecule has 1 amide bonds. The lowest BCUT2D eigenvalue weighted by Crippen LogP contribution is -2.45. The number of hydrogen-bond donors (Lipinski definition) is 2. The molecule has 0 atom stereocenters. The molecule has 138 valence electrons. The standard InChI is InChI=1S/C17H26N4O3S/c1-2-3-4-9-24-16-6-5-14(12-18-16)19-17(25)20-15(22)13-21-7-10-23-11-8-21/h5-6,12H,2-4,7-11,13H2,1H3,(H2,19,20,22,25). The zero-order chi connectivity index (χ0) is 17.9. The van der Waals surface area contributed by atoms with E-state index in [0.29, 0.717) is 37.9 Å². The van der Waals surface area contributed by atoms with Gasteiger partial charge >= 0.3 is 0 Å². The number of carbonyl (C=O) groups excluding carboxylic acids is 1. The van der Waals surface area contributed by atoms with Gasteiger partial charge in [-0.3, -0.25) is 9.69 Å². The summed E-state index contributed by atoms with van der Waals surface area (Å²) in [7, 11) is 0. The van der Waals surface area contributed by atoms with E-state index >= 15 is 0 Å².